The third kappa shape index (κ3) is 2.50. The van der Waals surface area contributed by atoms with Crippen molar-refractivity contribution in [1.82, 2.24) is 5.32 Å². The summed E-state index contributed by atoms with van der Waals surface area (Å²) in [5.74, 6) is 1.11. The van der Waals surface area contributed by atoms with Gasteiger partial charge in [0.25, 0.3) is 0 Å². The van der Waals surface area contributed by atoms with Crippen LogP contribution < -0.4 is 5.32 Å². The van der Waals surface area contributed by atoms with E-state index in [1.807, 2.05) is 30.0 Å². The highest BCUT2D eigenvalue weighted by molar-refractivity contribution is 8.00. The van der Waals surface area contributed by atoms with Crippen molar-refractivity contribution in [2.45, 2.75) is 17.9 Å². The molecule has 2 nitrogen and oxygen atoms in total. The van der Waals surface area contributed by atoms with Crippen molar-refractivity contribution in [3.63, 3.8) is 0 Å². The third-order valence-electron chi connectivity index (χ3n) is 2.38. The summed E-state index contributed by atoms with van der Waals surface area (Å²) in [6.45, 7) is 1.02. The van der Waals surface area contributed by atoms with Gasteiger partial charge in [0.15, 0.2) is 0 Å². The first-order valence-corrected chi connectivity index (χ1v) is 5.98. The zero-order chi connectivity index (χ0) is 9.80. The van der Waals surface area contributed by atoms with Gasteiger partial charge in [0, 0.05) is 18.7 Å². The molecule has 2 rings (SSSR count). The zero-order valence-electron chi connectivity index (χ0n) is 8.02. The maximum Gasteiger partial charge on any atom is 0.0826 e. The third-order valence-corrected chi connectivity index (χ3v) is 3.66. The molecule has 2 N–H and O–H groups in total. The lowest BCUT2D eigenvalue weighted by molar-refractivity contribution is 0.163. The van der Waals surface area contributed by atoms with Crippen molar-refractivity contribution in [2.75, 3.05) is 12.3 Å². The minimum absolute atomic E-state index is 0.218. The van der Waals surface area contributed by atoms with Crippen molar-refractivity contribution >= 4 is 11.8 Å². The van der Waals surface area contributed by atoms with Gasteiger partial charge in [0.05, 0.1) is 11.5 Å². The number of nitrogens with one attached hydrogen (secondary N) is 1. The van der Waals surface area contributed by atoms with E-state index in [4.69, 9.17) is 0 Å². The van der Waals surface area contributed by atoms with Gasteiger partial charge >= 0.3 is 0 Å². The minimum Gasteiger partial charge on any atom is -0.390 e. The summed E-state index contributed by atoms with van der Waals surface area (Å²) in [5, 5.41) is 13.4. The van der Waals surface area contributed by atoms with Gasteiger partial charge in [0.2, 0.25) is 0 Å². The van der Waals surface area contributed by atoms with Crippen LogP contribution in [0.1, 0.15) is 5.56 Å². The Hall–Kier alpha value is -0.510. The standard InChI is InChI=1S/C11H15NOS/c13-10(11-12-6-7-14-11)8-9-4-2-1-3-5-9/h1-5,10-13H,6-8H2/t10?,11-/m0/s1. The molecule has 1 aliphatic rings. The summed E-state index contributed by atoms with van der Waals surface area (Å²) >= 11 is 1.81. The Kier molecular flexibility index (Phi) is 3.45. The van der Waals surface area contributed by atoms with E-state index in [0.717, 1.165) is 18.7 Å². The number of rotatable bonds is 3. The van der Waals surface area contributed by atoms with Crippen LogP contribution in [0, 0.1) is 0 Å². The lowest BCUT2D eigenvalue weighted by Gasteiger charge is -2.17. The number of aliphatic hydroxyl groups excluding tert-OH is 1. The van der Waals surface area contributed by atoms with Crippen molar-refractivity contribution in [1.29, 1.82) is 0 Å². The van der Waals surface area contributed by atoms with Crippen molar-refractivity contribution in [2.24, 2.45) is 0 Å². The molecule has 0 aliphatic carbocycles. The van der Waals surface area contributed by atoms with Crippen LogP contribution in [0.15, 0.2) is 30.3 Å². The molecular weight excluding hydrogens is 194 g/mol. The first kappa shape index (κ1) is 10.0. The average molecular weight is 209 g/mol. The van der Waals surface area contributed by atoms with Gasteiger partial charge in [-0.3, -0.25) is 0 Å². The molecule has 1 saturated heterocycles. The number of hydrogen-bond donors (Lipinski definition) is 2. The van der Waals surface area contributed by atoms with E-state index >= 15 is 0 Å². The van der Waals surface area contributed by atoms with Gasteiger partial charge in [-0.25, -0.2) is 0 Å². The number of aliphatic hydroxyl groups is 1. The summed E-state index contributed by atoms with van der Waals surface area (Å²) in [7, 11) is 0. The molecule has 1 aromatic rings. The highest BCUT2D eigenvalue weighted by Crippen LogP contribution is 2.19. The molecule has 1 heterocycles. The van der Waals surface area contributed by atoms with Gasteiger partial charge < -0.3 is 10.4 Å². The van der Waals surface area contributed by atoms with Crippen molar-refractivity contribution < 1.29 is 5.11 Å². The van der Waals surface area contributed by atoms with Crippen LogP contribution in [0.2, 0.25) is 0 Å². The second kappa shape index (κ2) is 4.82. The van der Waals surface area contributed by atoms with E-state index < -0.39 is 0 Å². The molecule has 14 heavy (non-hydrogen) atoms. The van der Waals surface area contributed by atoms with E-state index in [-0.39, 0.29) is 11.5 Å². The highest BCUT2D eigenvalue weighted by atomic mass is 32.2. The van der Waals surface area contributed by atoms with E-state index in [1.165, 1.54) is 5.56 Å². The highest BCUT2D eigenvalue weighted by Gasteiger charge is 2.22. The predicted octanol–water partition coefficient (Wildman–Crippen LogP) is 1.25. The van der Waals surface area contributed by atoms with Crippen molar-refractivity contribution in [3.05, 3.63) is 35.9 Å². The van der Waals surface area contributed by atoms with E-state index in [2.05, 4.69) is 17.4 Å². The van der Waals surface area contributed by atoms with Crippen LogP contribution in [0.5, 0.6) is 0 Å². The zero-order valence-corrected chi connectivity index (χ0v) is 8.83. The Balaban J connectivity index is 1.90. The summed E-state index contributed by atoms with van der Waals surface area (Å²) < 4.78 is 0. The minimum atomic E-state index is -0.273. The van der Waals surface area contributed by atoms with Crippen LogP contribution in [-0.2, 0) is 6.42 Å². The van der Waals surface area contributed by atoms with Gasteiger partial charge in [-0.1, -0.05) is 30.3 Å². The Bertz CT molecular complexity index is 272. The largest absolute Gasteiger partial charge is 0.390 e. The summed E-state index contributed by atoms with van der Waals surface area (Å²) in [6, 6.07) is 10.1. The fourth-order valence-electron chi connectivity index (χ4n) is 1.66. The molecule has 1 aliphatic heterocycles. The predicted molar refractivity (Wildman–Crippen MR) is 60.4 cm³/mol. The monoisotopic (exact) mass is 209 g/mol. The van der Waals surface area contributed by atoms with E-state index in [9.17, 15) is 5.11 Å². The number of hydrogen-bond acceptors (Lipinski definition) is 3. The Morgan fingerprint density at radius 1 is 1.43 bits per heavy atom. The van der Waals surface area contributed by atoms with E-state index in [1.54, 1.807) is 0 Å². The second-order valence-electron chi connectivity index (χ2n) is 3.50. The van der Waals surface area contributed by atoms with E-state index in [0.29, 0.717) is 0 Å². The normalized spacial score (nSPS) is 23.6. The first-order chi connectivity index (χ1) is 6.86. The molecule has 0 aromatic heterocycles. The summed E-state index contributed by atoms with van der Waals surface area (Å²) in [4.78, 5) is 0. The lowest BCUT2D eigenvalue weighted by Crippen LogP contribution is -2.34. The lowest BCUT2D eigenvalue weighted by atomic mass is 10.1. The molecule has 1 fully saturated rings. The van der Waals surface area contributed by atoms with Crippen LogP contribution in [-0.4, -0.2) is 28.9 Å². The fourth-order valence-corrected chi connectivity index (χ4v) is 2.70. The smallest absolute Gasteiger partial charge is 0.0826 e. The molecule has 76 valence electrons. The topological polar surface area (TPSA) is 32.3 Å². The van der Waals surface area contributed by atoms with Crippen LogP contribution in [0.25, 0.3) is 0 Å². The van der Waals surface area contributed by atoms with Crippen LogP contribution in [0.4, 0.5) is 0 Å². The molecule has 0 spiro atoms. The summed E-state index contributed by atoms with van der Waals surface area (Å²) in [5.41, 5.74) is 1.20. The fraction of sp³-hybridized carbons (Fsp3) is 0.455. The molecule has 1 aromatic carbocycles. The molecule has 3 heteroatoms. The molecule has 0 radical (unpaired) electrons. The second-order valence-corrected chi connectivity index (χ2v) is 4.75. The van der Waals surface area contributed by atoms with Gasteiger partial charge in [-0.15, -0.1) is 11.8 Å². The quantitative estimate of drug-likeness (QED) is 0.786. The number of thioether (sulfide) groups is 1. The maximum absolute atomic E-state index is 9.92. The van der Waals surface area contributed by atoms with Gasteiger partial charge in [-0.2, -0.15) is 0 Å². The summed E-state index contributed by atoms with van der Waals surface area (Å²) in [6.07, 6.45) is 0.468. The maximum atomic E-state index is 9.92. The van der Waals surface area contributed by atoms with Crippen LogP contribution >= 0.6 is 11.8 Å². The van der Waals surface area contributed by atoms with Crippen molar-refractivity contribution in [3.8, 4) is 0 Å². The molecule has 1 unspecified atom stereocenters. The van der Waals surface area contributed by atoms with Crippen LogP contribution in [0.3, 0.4) is 0 Å². The molecule has 0 amide bonds. The Morgan fingerprint density at radius 3 is 2.86 bits per heavy atom. The molecule has 0 saturated carbocycles. The number of benzene rings is 1. The Labute approximate surface area is 88.7 Å². The molecule has 2 atom stereocenters. The average Bonchev–Trinajstić information content (AvgIpc) is 2.72. The molecule has 0 bridgehead atoms. The SMILES string of the molecule is OC(Cc1ccccc1)[C@H]1NCCS1. The van der Waals surface area contributed by atoms with Gasteiger partial charge in [-0.05, 0) is 5.56 Å². The first-order valence-electron chi connectivity index (χ1n) is 4.93. The van der Waals surface area contributed by atoms with Gasteiger partial charge in [0.1, 0.15) is 0 Å². The Morgan fingerprint density at radius 2 is 2.21 bits per heavy atom. The molecular formula is C11H15NOS.